The third-order valence-electron chi connectivity index (χ3n) is 4.15. The molecule has 0 aromatic heterocycles. The minimum Gasteiger partial charge on any atom is -0.393 e. The molecule has 1 heterocycles. The number of piperidine rings is 1. The van der Waals surface area contributed by atoms with Gasteiger partial charge in [-0.3, -0.25) is 4.90 Å². The fourth-order valence-corrected chi connectivity index (χ4v) is 3.19. The van der Waals surface area contributed by atoms with Crippen molar-refractivity contribution in [2.75, 3.05) is 13.1 Å². The zero-order chi connectivity index (χ0) is 13.7. The van der Waals surface area contributed by atoms with Crippen molar-refractivity contribution in [2.45, 2.75) is 38.6 Å². The second-order valence-electron chi connectivity index (χ2n) is 5.51. The molecule has 0 spiro atoms. The standard InChI is InChI=1S/C16H24N2S/c1-2-13-7-6-10-18(12-13)15(11-16(17)19)14-8-4-3-5-9-14/h3-5,8-9,13,15H,2,6-7,10-12H2,1H3,(H2,17,19). The minimum absolute atomic E-state index is 0.355. The topological polar surface area (TPSA) is 29.3 Å². The number of nitrogens with zero attached hydrogens (tertiary/aromatic N) is 1. The lowest BCUT2D eigenvalue weighted by molar-refractivity contribution is 0.124. The molecule has 1 aliphatic rings. The van der Waals surface area contributed by atoms with Crippen LogP contribution >= 0.6 is 12.2 Å². The Balaban J connectivity index is 2.15. The van der Waals surface area contributed by atoms with E-state index >= 15 is 0 Å². The van der Waals surface area contributed by atoms with Crippen molar-refractivity contribution in [2.24, 2.45) is 11.7 Å². The van der Waals surface area contributed by atoms with Crippen LogP contribution in [0.2, 0.25) is 0 Å². The summed E-state index contributed by atoms with van der Waals surface area (Å²) in [6.07, 6.45) is 4.71. The van der Waals surface area contributed by atoms with E-state index in [2.05, 4.69) is 42.2 Å². The van der Waals surface area contributed by atoms with Crippen LogP contribution in [0.15, 0.2) is 30.3 Å². The number of rotatable bonds is 5. The van der Waals surface area contributed by atoms with Gasteiger partial charge >= 0.3 is 0 Å². The van der Waals surface area contributed by atoms with Crippen molar-refractivity contribution >= 4 is 17.2 Å². The first kappa shape index (κ1) is 14.5. The second kappa shape index (κ2) is 7.01. The maximum absolute atomic E-state index is 5.81. The summed E-state index contributed by atoms with van der Waals surface area (Å²) in [5, 5.41) is 0. The van der Waals surface area contributed by atoms with Crippen LogP contribution in [-0.4, -0.2) is 23.0 Å². The van der Waals surface area contributed by atoms with E-state index in [4.69, 9.17) is 18.0 Å². The summed E-state index contributed by atoms with van der Waals surface area (Å²) in [4.78, 5) is 3.19. The molecule has 0 bridgehead atoms. The summed E-state index contributed by atoms with van der Waals surface area (Å²) < 4.78 is 0. The molecule has 3 heteroatoms. The van der Waals surface area contributed by atoms with Crippen LogP contribution in [0.25, 0.3) is 0 Å². The third-order valence-corrected chi connectivity index (χ3v) is 4.31. The highest BCUT2D eigenvalue weighted by Crippen LogP contribution is 2.30. The zero-order valence-electron chi connectivity index (χ0n) is 11.7. The van der Waals surface area contributed by atoms with Crippen molar-refractivity contribution in [3.8, 4) is 0 Å². The molecular formula is C16H24N2S. The molecule has 0 saturated carbocycles. The molecule has 2 rings (SSSR count). The molecule has 0 radical (unpaired) electrons. The molecule has 2 N–H and O–H groups in total. The van der Waals surface area contributed by atoms with Crippen LogP contribution in [0.4, 0.5) is 0 Å². The Morgan fingerprint density at radius 1 is 1.42 bits per heavy atom. The SMILES string of the molecule is CCC1CCCN(C(CC(N)=S)c2ccccc2)C1. The summed E-state index contributed by atoms with van der Waals surface area (Å²) in [6, 6.07) is 11.0. The van der Waals surface area contributed by atoms with E-state index in [0.717, 1.165) is 12.3 Å². The van der Waals surface area contributed by atoms with E-state index in [1.54, 1.807) is 0 Å². The monoisotopic (exact) mass is 276 g/mol. The van der Waals surface area contributed by atoms with Gasteiger partial charge in [0.05, 0.1) is 4.99 Å². The Morgan fingerprint density at radius 3 is 2.79 bits per heavy atom. The van der Waals surface area contributed by atoms with Gasteiger partial charge < -0.3 is 5.73 Å². The molecule has 1 fully saturated rings. The molecule has 0 aliphatic carbocycles. The Labute approximate surface area is 122 Å². The van der Waals surface area contributed by atoms with Crippen LogP contribution in [-0.2, 0) is 0 Å². The second-order valence-corrected chi connectivity index (χ2v) is 6.03. The number of hydrogen-bond donors (Lipinski definition) is 1. The molecular weight excluding hydrogens is 252 g/mol. The first-order valence-electron chi connectivity index (χ1n) is 7.28. The Morgan fingerprint density at radius 2 is 2.16 bits per heavy atom. The molecule has 0 amide bonds. The Hall–Kier alpha value is -0.930. The quantitative estimate of drug-likeness (QED) is 0.834. The molecule has 19 heavy (non-hydrogen) atoms. The third kappa shape index (κ3) is 4.02. The van der Waals surface area contributed by atoms with Crippen LogP contribution in [0.1, 0.15) is 44.2 Å². The molecule has 1 aliphatic heterocycles. The Kier molecular flexibility index (Phi) is 5.34. The van der Waals surface area contributed by atoms with E-state index < -0.39 is 0 Å². The lowest BCUT2D eigenvalue weighted by Gasteiger charge is -2.38. The van der Waals surface area contributed by atoms with Gasteiger partial charge in [0.25, 0.3) is 0 Å². The van der Waals surface area contributed by atoms with Crippen molar-refractivity contribution in [3.05, 3.63) is 35.9 Å². The van der Waals surface area contributed by atoms with Crippen LogP contribution in [0.3, 0.4) is 0 Å². The van der Waals surface area contributed by atoms with Gasteiger partial charge in [-0.15, -0.1) is 0 Å². The number of likely N-dealkylation sites (tertiary alicyclic amines) is 1. The lowest BCUT2D eigenvalue weighted by atomic mass is 9.92. The summed E-state index contributed by atoms with van der Waals surface area (Å²) in [6.45, 7) is 4.64. The zero-order valence-corrected chi connectivity index (χ0v) is 12.5. The molecule has 1 aromatic carbocycles. The summed E-state index contributed by atoms with van der Waals surface area (Å²) in [7, 11) is 0. The van der Waals surface area contributed by atoms with Gasteiger partial charge in [-0.25, -0.2) is 0 Å². The molecule has 1 aromatic rings. The molecule has 2 unspecified atom stereocenters. The fraction of sp³-hybridized carbons (Fsp3) is 0.562. The minimum atomic E-state index is 0.355. The fourth-order valence-electron chi connectivity index (χ4n) is 3.04. The van der Waals surface area contributed by atoms with E-state index in [1.807, 2.05) is 0 Å². The first-order chi connectivity index (χ1) is 9.20. The van der Waals surface area contributed by atoms with Gasteiger partial charge in [0.1, 0.15) is 0 Å². The van der Waals surface area contributed by atoms with Crippen molar-refractivity contribution < 1.29 is 0 Å². The largest absolute Gasteiger partial charge is 0.393 e. The van der Waals surface area contributed by atoms with E-state index in [0.29, 0.717) is 11.0 Å². The molecule has 104 valence electrons. The van der Waals surface area contributed by atoms with Crippen molar-refractivity contribution in [1.29, 1.82) is 0 Å². The number of thiocarbonyl (C=S) groups is 1. The van der Waals surface area contributed by atoms with Gasteiger partial charge in [0.15, 0.2) is 0 Å². The molecule has 1 saturated heterocycles. The number of nitrogens with two attached hydrogens (primary N) is 1. The van der Waals surface area contributed by atoms with E-state index in [-0.39, 0.29) is 0 Å². The summed E-state index contributed by atoms with van der Waals surface area (Å²) in [5.74, 6) is 0.825. The van der Waals surface area contributed by atoms with Crippen LogP contribution in [0, 0.1) is 5.92 Å². The average molecular weight is 276 g/mol. The first-order valence-corrected chi connectivity index (χ1v) is 7.68. The van der Waals surface area contributed by atoms with Crippen molar-refractivity contribution in [3.63, 3.8) is 0 Å². The van der Waals surface area contributed by atoms with Crippen molar-refractivity contribution in [1.82, 2.24) is 4.90 Å². The van der Waals surface area contributed by atoms with E-state index in [1.165, 1.54) is 37.9 Å². The highest BCUT2D eigenvalue weighted by atomic mass is 32.1. The predicted octanol–water partition coefficient (Wildman–Crippen LogP) is 3.53. The maximum atomic E-state index is 5.81. The molecule has 2 atom stereocenters. The van der Waals surface area contributed by atoms with Gasteiger partial charge in [-0.2, -0.15) is 0 Å². The Bertz CT molecular complexity index is 404. The van der Waals surface area contributed by atoms with Gasteiger partial charge in [-0.1, -0.05) is 55.9 Å². The smallest absolute Gasteiger partial charge is 0.0746 e. The summed E-state index contributed by atoms with van der Waals surface area (Å²) >= 11 is 5.15. The number of hydrogen-bond acceptors (Lipinski definition) is 2. The normalized spacial score (nSPS) is 22.1. The lowest BCUT2D eigenvalue weighted by Crippen LogP contribution is -2.39. The highest BCUT2D eigenvalue weighted by Gasteiger charge is 2.26. The number of benzene rings is 1. The highest BCUT2D eigenvalue weighted by molar-refractivity contribution is 7.80. The summed E-state index contributed by atoms with van der Waals surface area (Å²) in [5.41, 5.74) is 7.15. The molecule has 2 nitrogen and oxygen atoms in total. The average Bonchev–Trinajstić information content (AvgIpc) is 2.45. The van der Waals surface area contributed by atoms with Gasteiger partial charge in [-0.05, 0) is 30.9 Å². The van der Waals surface area contributed by atoms with Gasteiger partial charge in [0, 0.05) is 19.0 Å². The predicted molar refractivity (Wildman–Crippen MR) is 85.2 cm³/mol. The van der Waals surface area contributed by atoms with Gasteiger partial charge in [0.2, 0.25) is 0 Å². The van der Waals surface area contributed by atoms with E-state index in [9.17, 15) is 0 Å². The van der Waals surface area contributed by atoms with Crippen LogP contribution in [0.5, 0.6) is 0 Å². The maximum Gasteiger partial charge on any atom is 0.0746 e. The van der Waals surface area contributed by atoms with Crippen LogP contribution < -0.4 is 5.73 Å².